The number of rotatable bonds is 9. The fraction of sp³-hybridized carbons (Fsp3) is 0.556. The van der Waals surface area contributed by atoms with E-state index < -0.39 is 0 Å². The number of hydrogen-bond acceptors (Lipinski definition) is 4. The summed E-state index contributed by atoms with van der Waals surface area (Å²) in [6, 6.07) is 5.61. The highest BCUT2D eigenvalue weighted by molar-refractivity contribution is 14.0. The van der Waals surface area contributed by atoms with Gasteiger partial charge in [-0.2, -0.15) is 0 Å². The molecule has 27 heavy (non-hydrogen) atoms. The first kappa shape index (κ1) is 23.6. The van der Waals surface area contributed by atoms with Gasteiger partial charge in [0.1, 0.15) is 5.82 Å². The summed E-state index contributed by atoms with van der Waals surface area (Å²) in [5.74, 6) is -0.0386. The minimum Gasteiger partial charge on any atom is -0.379 e. The summed E-state index contributed by atoms with van der Waals surface area (Å²) in [5.41, 5.74) is 0.546. The first-order valence-electron chi connectivity index (χ1n) is 8.86. The molecule has 0 saturated carbocycles. The van der Waals surface area contributed by atoms with Crippen LogP contribution < -0.4 is 16.0 Å². The van der Waals surface area contributed by atoms with Crippen molar-refractivity contribution in [3.8, 4) is 0 Å². The zero-order valence-electron chi connectivity index (χ0n) is 15.5. The Balaban J connectivity index is 0.00000364. The quantitative estimate of drug-likeness (QED) is 0.212. The molecule has 1 amide bonds. The van der Waals surface area contributed by atoms with Crippen LogP contribution in [-0.2, 0) is 14.3 Å². The number of nitrogens with one attached hydrogen (secondary N) is 3. The lowest BCUT2D eigenvalue weighted by atomic mass is 10.2. The molecule has 1 aliphatic heterocycles. The predicted octanol–water partition coefficient (Wildman–Crippen LogP) is 2.13. The van der Waals surface area contributed by atoms with Crippen molar-refractivity contribution in [2.45, 2.75) is 25.4 Å². The van der Waals surface area contributed by atoms with Gasteiger partial charge in [-0.05, 0) is 43.5 Å². The van der Waals surface area contributed by atoms with E-state index in [1.54, 1.807) is 7.05 Å². The highest BCUT2D eigenvalue weighted by atomic mass is 127. The van der Waals surface area contributed by atoms with Crippen LogP contribution in [0.2, 0.25) is 0 Å². The van der Waals surface area contributed by atoms with Gasteiger partial charge in [0.2, 0.25) is 5.91 Å². The van der Waals surface area contributed by atoms with Gasteiger partial charge in [0.05, 0.1) is 19.3 Å². The number of benzene rings is 1. The van der Waals surface area contributed by atoms with Crippen molar-refractivity contribution < 1.29 is 18.7 Å². The van der Waals surface area contributed by atoms with Gasteiger partial charge in [-0.25, -0.2) is 4.39 Å². The summed E-state index contributed by atoms with van der Waals surface area (Å²) in [5, 5.41) is 8.73. The number of halogens is 2. The van der Waals surface area contributed by atoms with Gasteiger partial charge in [0, 0.05) is 32.5 Å². The van der Waals surface area contributed by atoms with E-state index in [1.165, 1.54) is 24.3 Å². The SMILES string of the molecule is CN=C(NCCCOCC1CCCO1)NCC(=O)Nc1ccc(F)cc1.I. The number of nitrogens with zero attached hydrogens (tertiary/aromatic N) is 1. The molecule has 1 atom stereocenters. The summed E-state index contributed by atoms with van der Waals surface area (Å²) in [6.45, 7) is 2.88. The van der Waals surface area contributed by atoms with Crippen LogP contribution in [0.25, 0.3) is 0 Å². The van der Waals surface area contributed by atoms with Crippen LogP contribution in [0.1, 0.15) is 19.3 Å². The Labute approximate surface area is 176 Å². The molecule has 1 aromatic carbocycles. The Morgan fingerprint density at radius 3 is 2.78 bits per heavy atom. The fourth-order valence-electron chi connectivity index (χ4n) is 2.49. The van der Waals surface area contributed by atoms with Crippen molar-refractivity contribution in [2.75, 3.05) is 45.3 Å². The maximum atomic E-state index is 12.8. The second kappa shape index (κ2) is 13.7. The predicted molar refractivity (Wildman–Crippen MR) is 114 cm³/mol. The van der Waals surface area contributed by atoms with Crippen molar-refractivity contribution in [1.29, 1.82) is 0 Å². The average molecular weight is 494 g/mol. The van der Waals surface area contributed by atoms with E-state index in [9.17, 15) is 9.18 Å². The molecule has 3 N–H and O–H groups in total. The lowest BCUT2D eigenvalue weighted by Crippen LogP contribution is -2.41. The Morgan fingerprint density at radius 1 is 1.33 bits per heavy atom. The molecule has 7 nitrogen and oxygen atoms in total. The molecule has 0 radical (unpaired) electrons. The Bertz CT molecular complexity index is 580. The summed E-state index contributed by atoms with van der Waals surface area (Å²) < 4.78 is 23.9. The summed E-state index contributed by atoms with van der Waals surface area (Å²) >= 11 is 0. The van der Waals surface area contributed by atoms with E-state index in [1.807, 2.05) is 0 Å². The van der Waals surface area contributed by atoms with Gasteiger partial charge < -0.3 is 25.4 Å². The number of carbonyl (C=O) groups is 1. The third-order valence-electron chi connectivity index (χ3n) is 3.85. The number of aliphatic imine (C=N–C) groups is 1. The van der Waals surface area contributed by atoms with Gasteiger partial charge >= 0.3 is 0 Å². The molecule has 152 valence electrons. The zero-order chi connectivity index (χ0) is 18.6. The third kappa shape index (κ3) is 9.87. The average Bonchev–Trinajstić information content (AvgIpc) is 3.16. The molecule has 0 spiro atoms. The fourth-order valence-corrected chi connectivity index (χ4v) is 2.49. The summed E-state index contributed by atoms with van der Waals surface area (Å²) in [7, 11) is 1.64. The number of amides is 1. The molecule has 1 heterocycles. The van der Waals surface area contributed by atoms with Crippen molar-refractivity contribution in [3.63, 3.8) is 0 Å². The zero-order valence-corrected chi connectivity index (χ0v) is 17.8. The second-order valence-electron chi connectivity index (χ2n) is 5.97. The molecule has 1 saturated heterocycles. The number of anilines is 1. The smallest absolute Gasteiger partial charge is 0.243 e. The number of ether oxygens (including phenoxy) is 2. The molecule has 0 bridgehead atoms. The van der Waals surface area contributed by atoms with Crippen LogP contribution in [0, 0.1) is 5.82 Å². The topological polar surface area (TPSA) is 84.0 Å². The van der Waals surface area contributed by atoms with Gasteiger partial charge in [-0.15, -0.1) is 24.0 Å². The summed E-state index contributed by atoms with van der Waals surface area (Å²) in [4.78, 5) is 15.9. The van der Waals surface area contributed by atoms with Gasteiger partial charge in [-0.1, -0.05) is 0 Å². The molecule has 1 aromatic rings. The first-order valence-corrected chi connectivity index (χ1v) is 8.86. The molecular weight excluding hydrogens is 466 g/mol. The first-order chi connectivity index (χ1) is 12.7. The minimum absolute atomic E-state index is 0. The van der Waals surface area contributed by atoms with Crippen LogP contribution in [0.5, 0.6) is 0 Å². The number of hydrogen-bond donors (Lipinski definition) is 3. The Morgan fingerprint density at radius 2 is 2.11 bits per heavy atom. The molecule has 1 unspecified atom stereocenters. The van der Waals surface area contributed by atoms with E-state index in [0.29, 0.717) is 31.4 Å². The van der Waals surface area contributed by atoms with Crippen LogP contribution in [0.4, 0.5) is 10.1 Å². The van der Waals surface area contributed by atoms with Crippen molar-refractivity contribution in [1.82, 2.24) is 10.6 Å². The summed E-state index contributed by atoms with van der Waals surface area (Å²) in [6.07, 6.45) is 3.27. The Kier molecular flexibility index (Phi) is 11.9. The van der Waals surface area contributed by atoms with E-state index >= 15 is 0 Å². The molecule has 9 heteroatoms. The highest BCUT2D eigenvalue weighted by Crippen LogP contribution is 2.11. The van der Waals surface area contributed by atoms with Gasteiger partial charge in [0.15, 0.2) is 5.96 Å². The molecule has 1 aliphatic rings. The Hall–Kier alpha value is -1.46. The monoisotopic (exact) mass is 494 g/mol. The van der Waals surface area contributed by atoms with Crippen molar-refractivity contribution in [3.05, 3.63) is 30.1 Å². The minimum atomic E-state index is -0.342. The van der Waals surface area contributed by atoms with E-state index in [0.717, 1.165) is 25.9 Å². The normalized spacial score (nSPS) is 16.5. The number of guanidine groups is 1. The van der Waals surface area contributed by atoms with Crippen LogP contribution in [-0.4, -0.2) is 57.9 Å². The highest BCUT2D eigenvalue weighted by Gasteiger charge is 2.14. The largest absolute Gasteiger partial charge is 0.379 e. The molecule has 1 fully saturated rings. The molecule has 0 aromatic heterocycles. The number of carbonyl (C=O) groups excluding carboxylic acids is 1. The van der Waals surface area contributed by atoms with E-state index in [4.69, 9.17) is 9.47 Å². The van der Waals surface area contributed by atoms with Gasteiger partial charge in [-0.3, -0.25) is 9.79 Å². The van der Waals surface area contributed by atoms with Crippen molar-refractivity contribution in [2.24, 2.45) is 4.99 Å². The lowest BCUT2D eigenvalue weighted by Gasteiger charge is -2.13. The maximum absolute atomic E-state index is 12.8. The van der Waals surface area contributed by atoms with E-state index in [-0.39, 0.29) is 48.3 Å². The van der Waals surface area contributed by atoms with E-state index in [2.05, 4.69) is 20.9 Å². The maximum Gasteiger partial charge on any atom is 0.243 e. The van der Waals surface area contributed by atoms with Crippen LogP contribution in [0.3, 0.4) is 0 Å². The second-order valence-corrected chi connectivity index (χ2v) is 5.97. The van der Waals surface area contributed by atoms with Crippen LogP contribution in [0.15, 0.2) is 29.3 Å². The third-order valence-corrected chi connectivity index (χ3v) is 3.85. The lowest BCUT2D eigenvalue weighted by molar-refractivity contribution is -0.115. The van der Waals surface area contributed by atoms with Crippen molar-refractivity contribution >= 4 is 41.5 Å². The van der Waals surface area contributed by atoms with Crippen LogP contribution >= 0.6 is 24.0 Å². The van der Waals surface area contributed by atoms with Gasteiger partial charge in [0.25, 0.3) is 0 Å². The molecule has 2 rings (SSSR count). The standard InChI is InChI=1S/C18H27FN4O3.HI/c1-20-18(21-9-3-10-25-13-16-4-2-11-26-16)22-12-17(24)23-15-7-5-14(19)6-8-15;/h5-8,16H,2-4,9-13H2,1H3,(H,23,24)(H2,20,21,22);1H. The molecule has 0 aliphatic carbocycles. The molecular formula is C18H28FIN4O3.